The van der Waals surface area contributed by atoms with Crippen molar-refractivity contribution >= 4 is 17.2 Å². The molecule has 2 aromatic heterocycles. The van der Waals surface area contributed by atoms with E-state index < -0.39 is 0 Å². The third kappa shape index (κ3) is 3.87. The van der Waals surface area contributed by atoms with Gasteiger partial charge in [-0.25, -0.2) is 14.1 Å². The van der Waals surface area contributed by atoms with E-state index in [1.807, 2.05) is 0 Å². The summed E-state index contributed by atoms with van der Waals surface area (Å²) in [5.41, 5.74) is 1.67. The molecule has 0 unspecified atom stereocenters. The van der Waals surface area contributed by atoms with Crippen LogP contribution in [0, 0.1) is 12.7 Å². The van der Waals surface area contributed by atoms with Gasteiger partial charge in [0.25, 0.3) is 11.5 Å². The number of amides is 1. The summed E-state index contributed by atoms with van der Waals surface area (Å²) in [5, 5.41) is 7.64. The van der Waals surface area contributed by atoms with Crippen LogP contribution in [-0.4, -0.2) is 27.2 Å². The maximum absolute atomic E-state index is 14.0. The average Bonchev–Trinajstić information content (AvgIpc) is 3.45. The van der Waals surface area contributed by atoms with Gasteiger partial charge in [-0.1, -0.05) is 12.1 Å². The lowest BCUT2D eigenvalue weighted by Crippen LogP contribution is -2.32. The number of rotatable bonds is 6. The van der Waals surface area contributed by atoms with Crippen LogP contribution in [0.4, 0.5) is 4.39 Å². The van der Waals surface area contributed by atoms with Crippen molar-refractivity contribution in [3.8, 4) is 10.6 Å². The summed E-state index contributed by atoms with van der Waals surface area (Å²) in [4.78, 5) is 29.2. The Balaban J connectivity index is 1.43. The van der Waals surface area contributed by atoms with Gasteiger partial charge in [0.05, 0.1) is 17.9 Å². The second-order valence-electron chi connectivity index (χ2n) is 6.76. The Morgan fingerprint density at radius 3 is 2.82 bits per heavy atom. The zero-order chi connectivity index (χ0) is 19.7. The molecule has 1 fully saturated rings. The zero-order valence-corrected chi connectivity index (χ0v) is 16.1. The number of nitrogens with zero attached hydrogens (tertiary/aromatic N) is 3. The fraction of sp³-hybridized carbons (Fsp3) is 0.300. The van der Waals surface area contributed by atoms with Crippen molar-refractivity contribution in [1.29, 1.82) is 0 Å². The molecule has 0 saturated heterocycles. The molecule has 6 nitrogen and oxygen atoms in total. The van der Waals surface area contributed by atoms with Crippen LogP contribution in [-0.2, 0) is 6.54 Å². The fourth-order valence-electron chi connectivity index (χ4n) is 2.93. The van der Waals surface area contributed by atoms with Crippen LogP contribution in [0.2, 0.25) is 0 Å². The Kier molecular flexibility index (Phi) is 5.04. The van der Waals surface area contributed by atoms with Crippen molar-refractivity contribution in [3.05, 3.63) is 68.8 Å². The Hall–Kier alpha value is -2.87. The van der Waals surface area contributed by atoms with Gasteiger partial charge < -0.3 is 5.32 Å². The van der Waals surface area contributed by atoms with Gasteiger partial charge in [-0.05, 0) is 38.0 Å². The van der Waals surface area contributed by atoms with Crippen molar-refractivity contribution in [2.75, 3.05) is 6.54 Å². The van der Waals surface area contributed by atoms with Crippen LogP contribution in [0.5, 0.6) is 0 Å². The molecular formula is C20H19FN4O2S. The molecule has 8 heteroatoms. The number of thiazole rings is 1. The van der Waals surface area contributed by atoms with Gasteiger partial charge in [-0.3, -0.25) is 9.59 Å². The summed E-state index contributed by atoms with van der Waals surface area (Å²) < 4.78 is 15.4. The first-order valence-electron chi connectivity index (χ1n) is 9.11. The molecule has 0 bridgehead atoms. The Bertz CT molecular complexity index is 1090. The minimum Gasteiger partial charge on any atom is -0.349 e. The van der Waals surface area contributed by atoms with E-state index in [-0.39, 0.29) is 23.8 Å². The molecule has 0 aliphatic heterocycles. The van der Waals surface area contributed by atoms with Crippen LogP contribution < -0.4 is 10.9 Å². The fourth-order valence-corrected chi connectivity index (χ4v) is 3.94. The van der Waals surface area contributed by atoms with E-state index in [0.717, 1.165) is 29.9 Å². The van der Waals surface area contributed by atoms with Gasteiger partial charge in [-0.15, -0.1) is 11.3 Å². The Morgan fingerprint density at radius 1 is 1.29 bits per heavy atom. The number of benzene rings is 1. The highest BCUT2D eigenvalue weighted by Crippen LogP contribution is 2.38. The molecule has 4 rings (SSSR count). The molecule has 1 amide bonds. The van der Waals surface area contributed by atoms with Crippen LogP contribution in [0.1, 0.15) is 39.8 Å². The molecule has 1 aliphatic carbocycles. The van der Waals surface area contributed by atoms with E-state index in [9.17, 15) is 14.0 Å². The first kappa shape index (κ1) is 18.5. The number of hydrogen-bond donors (Lipinski definition) is 1. The number of aryl methyl sites for hydroxylation is 1. The molecule has 1 N–H and O–H groups in total. The molecule has 1 aliphatic rings. The van der Waals surface area contributed by atoms with Crippen LogP contribution in [0.25, 0.3) is 10.6 Å². The highest BCUT2D eigenvalue weighted by Gasteiger charge is 2.25. The summed E-state index contributed by atoms with van der Waals surface area (Å²) in [6, 6.07) is 9.65. The van der Waals surface area contributed by atoms with Gasteiger partial charge in [-0.2, -0.15) is 5.10 Å². The summed E-state index contributed by atoms with van der Waals surface area (Å²) in [7, 11) is 0. The van der Waals surface area contributed by atoms with Crippen molar-refractivity contribution in [2.24, 2.45) is 0 Å². The number of halogens is 1. The zero-order valence-electron chi connectivity index (χ0n) is 15.3. The molecule has 0 atom stereocenters. The van der Waals surface area contributed by atoms with Crippen LogP contribution in [0.15, 0.2) is 41.2 Å². The minimum atomic E-state index is -0.371. The molecule has 144 valence electrons. The second-order valence-corrected chi connectivity index (χ2v) is 7.76. The Morgan fingerprint density at radius 2 is 2.07 bits per heavy atom. The SMILES string of the molecule is Cc1nc(-c2ccccc2F)sc1C(=O)NCCn1nc(C2CC2)ccc1=O. The monoisotopic (exact) mass is 398 g/mol. The molecule has 0 spiro atoms. The van der Waals surface area contributed by atoms with Gasteiger partial charge in [0, 0.05) is 24.1 Å². The van der Waals surface area contributed by atoms with Crippen LogP contribution >= 0.6 is 11.3 Å². The van der Waals surface area contributed by atoms with E-state index >= 15 is 0 Å². The highest BCUT2D eigenvalue weighted by atomic mass is 32.1. The number of carbonyl (C=O) groups excluding carboxylic acids is 1. The van der Waals surface area contributed by atoms with Gasteiger partial charge >= 0.3 is 0 Å². The van der Waals surface area contributed by atoms with Crippen molar-refractivity contribution < 1.29 is 9.18 Å². The molecule has 2 heterocycles. The Labute approximate surface area is 165 Å². The first-order chi connectivity index (χ1) is 13.5. The van der Waals surface area contributed by atoms with E-state index in [1.165, 1.54) is 16.8 Å². The van der Waals surface area contributed by atoms with Crippen molar-refractivity contribution in [3.63, 3.8) is 0 Å². The van der Waals surface area contributed by atoms with E-state index in [2.05, 4.69) is 15.4 Å². The van der Waals surface area contributed by atoms with Gasteiger partial charge in [0.15, 0.2) is 0 Å². The molecule has 3 aromatic rings. The normalized spacial score (nSPS) is 13.5. The molecule has 0 radical (unpaired) electrons. The van der Waals surface area contributed by atoms with Crippen molar-refractivity contribution in [2.45, 2.75) is 32.2 Å². The molecule has 1 aromatic carbocycles. The van der Waals surface area contributed by atoms with Gasteiger partial charge in [0.1, 0.15) is 15.7 Å². The minimum absolute atomic E-state index is 0.186. The van der Waals surface area contributed by atoms with Crippen molar-refractivity contribution in [1.82, 2.24) is 20.1 Å². The predicted molar refractivity (Wildman–Crippen MR) is 105 cm³/mol. The third-order valence-corrected chi connectivity index (χ3v) is 5.79. The molecule has 1 saturated carbocycles. The molecule has 28 heavy (non-hydrogen) atoms. The second kappa shape index (κ2) is 7.63. The topological polar surface area (TPSA) is 76.9 Å². The highest BCUT2D eigenvalue weighted by molar-refractivity contribution is 7.17. The maximum Gasteiger partial charge on any atom is 0.266 e. The summed E-state index contributed by atoms with van der Waals surface area (Å²) in [5.74, 6) is -0.203. The number of aromatic nitrogens is 3. The third-order valence-electron chi connectivity index (χ3n) is 4.60. The lowest BCUT2D eigenvalue weighted by molar-refractivity contribution is 0.0955. The summed E-state index contributed by atoms with van der Waals surface area (Å²) >= 11 is 1.15. The first-order valence-corrected chi connectivity index (χ1v) is 9.93. The predicted octanol–water partition coefficient (Wildman–Crippen LogP) is 3.12. The largest absolute Gasteiger partial charge is 0.349 e. The number of carbonyl (C=O) groups is 1. The van der Waals surface area contributed by atoms with E-state index in [1.54, 1.807) is 31.2 Å². The number of hydrogen-bond acceptors (Lipinski definition) is 5. The lowest BCUT2D eigenvalue weighted by atomic mass is 10.2. The standard InChI is InChI=1S/C20H19FN4O2S/c1-12-18(28-20(23-12)14-4-2-3-5-15(14)21)19(27)22-10-11-25-17(26)9-8-16(24-25)13-6-7-13/h2-5,8-9,13H,6-7,10-11H2,1H3,(H,22,27). The van der Waals surface area contributed by atoms with Gasteiger partial charge in [0.2, 0.25) is 0 Å². The van der Waals surface area contributed by atoms with Crippen LogP contribution in [0.3, 0.4) is 0 Å². The lowest BCUT2D eigenvalue weighted by Gasteiger charge is -2.07. The smallest absolute Gasteiger partial charge is 0.266 e. The molecular weight excluding hydrogens is 379 g/mol. The van der Waals surface area contributed by atoms with E-state index in [0.29, 0.717) is 33.6 Å². The average molecular weight is 398 g/mol. The maximum atomic E-state index is 14.0. The quantitative estimate of drug-likeness (QED) is 0.692. The number of nitrogens with one attached hydrogen (secondary N) is 1. The summed E-state index contributed by atoms with van der Waals surface area (Å²) in [6.07, 6.45) is 2.22. The van der Waals surface area contributed by atoms with E-state index in [4.69, 9.17) is 0 Å². The summed E-state index contributed by atoms with van der Waals surface area (Å²) in [6.45, 7) is 2.29.